The number of fused-ring (bicyclic) bond motifs is 2. The molecule has 152 valence electrons. The van der Waals surface area contributed by atoms with E-state index in [0.29, 0.717) is 28.6 Å². The van der Waals surface area contributed by atoms with Gasteiger partial charge >= 0.3 is 0 Å². The molecule has 8 nitrogen and oxygen atoms in total. The summed E-state index contributed by atoms with van der Waals surface area (Å²) in [5, 5.41) is 5.54. The minimum absolute atomic E-state index is 0.0182. The Kier molecular flexibility index (Phi) is 4.87. The van der Waals surface area contributed by atoms with Crippen molar-refractivity contribution in [2.45, 2.75) is 30.8 Å². The molecular formula is C19H18ClN3O5S. The highest BCUT2D eigenvalue weighted by Gasteiger charge is 2.34. The number of carbonyl (C=O) groups excluding carboxylic acids is 2. The minimum Gasteiger partial charge on any atom is -0.486 e. The average molecular weight is 436 g/mol. The molecule has 0 saturated heterocycles. The molecule has 1 unspecified atom stereocenters. The van der Waals surface area contributed by atoms with Crippen LogP contribution in [0, 0.1) is 0 Å². The number of halogens is 1. The van der Waals surface area contributed by atoms with Crippen molar-refractivity contribution in [3.63, 3.8) is 0 Å². The molecule has 0 aromatic heterocycles. The molecule has 0 radical (unpaired) electrons. The van der Waals surface area contributed by atoms with Gasteiger partial charge in [-0.15, -0.1) is 0 Å². The van der Waals surface area contributed by atoms with Crippen LogP contribution in [0.1, 0.15) is 19.8 Å². The van der Waals surface area contributed by atoms with Crippen molar-refractivity contribution in [1.29, 1.82) is 0 Å². The first-order valence-corrected chi connectivity index (χ1v) is 10.8. The van der Waals surface area contributed by atoms with Crippen molar-refractivity contribution in [2.24, 2.45) is 0 Å². The van der Waals surface area contributed by atoms with Crippen molar-refractivity contribution in [3.8, 4) is 5.75 Å². The fourth-order valence-corrected chi connectivity index (χ4v) is 4.98. The summed E-state index contributed by atoms with van der Waals surface area (Å²) in [7, 11) is -3.98. The number of nitrogens with zero attached hydrogens (tertiary/aromatic N) is 1. The third-order valence-electron chi connectivity index (χ3n) is 4.76. The first-order valence-electron chi connectivity index (χ1n) is 9.00. The van der Waals surface area contributed by atoms with Crippen molar-refractivity contribution in [1.82, 2.24) is 0 Å². The van der Waals surface area contributed by atoms with Crippen LogP contribution in [0.3, 0.4) is 0 Å². The van der Waals surface area contributed by atoms with E-state index in [9.17, 15) is 18.0 Å². The van der Waals surface area contributed by atoms with Gasteiger partial charge in [0.1, 0.15) is 18.3 Å². The molecule has 2 aliphatic rings. The molecule has 4 rings (SSSR count). The van der Waals surface area contributed by atoms with Crippen LogP contribution in [0.4, 0.5) is 17.1 Å². The third kappa shape index (κ3) is 3.63. The van der Waals surface area contributed by atoms with Crippen LogP contribution in [-0.2, 0) is 19.6 Å². The predicted molar refractivity (Wildman–Crippen MR) is 109 cm³/mol. The summed E-state index contributed by atoms with van der Waals surface area (Å²) < 4.78 is 34.1. The molecule has 2 amide bonds. The Balaban J connectivity index is 1.79. The number of hydrogen-bond donors (Lipinski definition) is 2. The molecule has 0 aliphatic carbocycles. The molecule has 0 saturated carbocycles. The normalized spacial score (nSPS) is 18.7. The minimum atomic E-state index is -3.98. The Morgan fingerprint density at radius 1 is 1.10 bits per heavy atom. The molecule has 2 N–H and O–H groups in total. The molecule has 0 bridgehead atoms. The van der Waals surface area contributed by atoms with Gasteiger partial charge in [-0.1, -0.05) is 18.5 Å². The van der Waals surface area contributed by atoms with Gasteiger partial charge in [0.2, 0.25) is 11.8 Å². The fourth-order valence-electron chi connectivity index (χ4n) is 3.28. The van der Waals surface area contributed by atoms with Crippen molar-refractivity contribution >= 4 is 50.5 Å². The molecule has 0 fully saturated rings. The van der Waals surface area contributed by atoms with Gasteiger partial charge in [0.05, 0.1) is 28.5 Å². The van der Waals surface area contributed by atoms with Gasteiger partial charge in [0, 0.05) is 5.02 Å². The summed E-state index contributed by atoms with van der Waals surface area (Å²) in [6, 6.07) is 9.04. The van der Waals surface area contributed by atoms with Crippen LogP contribution in [0.5, 0.6) is 5.75 Å². The highest BCUT2D eigenvalue weighted by molar-refractivity contribution is 7.92. The Labute approximate surface area is 172 Å². The summed E-state index contributed by atoms with van der Waals surface area (Å²) in [5.41, 5.74) is 0.930. The van der Waals surface area contributed by atoms with Crippen LogP contribution in [0.2, 0.25) is 5.02 Å². The molecule has 10 heteroatoms. The lowest BCUT2D eigenvalue weighted by Crippen LogP contribution is -2.43. The molecular weight excluding hydrogens is 418 g/mol. The fraction of sp³-hybridized carbons (Fsp3) is 0.263. The summed E-state index contributed by atoms with van der Waals surface area (Å²) in [5.74, 6) is -0.531. The second-order valence-corrected chi connectivity index (χ2v) is 9.08. The Morgan fingerprint density at radius 2 is 1.83 bits per heavy atom. The highest BCUT2D eigenvalue weighted by Crippen LogP contribution is 2.40. The summed E-state index contributed by atoms with van der Waals surface area (Å²) in [6.45, 7) is 2.04. The SMILES string of the molecule is CCC1CN(S(=O)(=O)c2ccc3c(c2)NC(=O)CC(=O)N3)c2cc(Cl)ccc2O1. The monoisotopic (exact) mass is 435 g/mol. The van der Waals surface area contributed by atoms with Crippen LogP contribution < -0.4 is 19.7 Å². The highest BCUT2D eigenvalue weighted by atomic mass is 35.5. The lowest BCUT2D eigenvalue weighted by molar-refractivity contribution is -0.123. The number of anilines is 3. The average Bonchev–Trinajstić information content (AvgIpc) is 2.82. The number of nitrogens with one attached hydrogen (secondary N) is 2. The molecule has 2 aromatic rings. The zero-order chi connectivity index (χ0) is 20.8. The van der Waals surface area contributed by atoms with E-state index >= 15 is 0 Å². The van der Waals surface area contributed by atoms with E-state index in [1.807, 2.05) is 6.92 Å². The number of ether oxygens (including phenoxy) is 1. The number of amides is 2. The maximum absolute atomic E-state index is 13.5. The maximum atomic E-state index is 13.5. The Bertz CT molecular complexity index is 1120. The lowest BCUT2D eigenvalue weighted by Gasteiger charge is -2.35. The number of sulfonamides is 1. The molecule has 1 atom stereocenters. The van der Waals surface area contributed by atoms with E-state index < -0.39 is 21.8 Å². The second-order valence-electron chi connectivity index (χ2n) is 6.78. The van der Waals surface area contributed by atoms with Gasteiger partial charge in [0.25, 0.3) is 10.0 Å². The van der Waals surface area contributed by atoms with Crippen LogP contribution in [0.15, 0.2) is 41.3 Å². The van der Waals surface area contributed by atoms with E-state index in [1.165, 1.54) is 22.5 Å². The zero-order valence-corrected chi connectivity index (χ0v) is 17.0. The molecule has 2 heterocycles. The van der Waals surface area contributed by atoms with Crippen molar-refractivity contribution in [2.75, 3.05) is 21.5 Å². The van der Waals surface area contributed by atoms with Gasteiger partial charge in [0.15, 0.2) is 0 Å². The largest absolute Gasteiger partial charge is 0.486 e. The second kappa shape index (κ2) is 7.23. The lowest BCUT2D eigenvalue weighted by atomic mass is 10.2. The molecule has 29 heavy (non-hydrogen) atoms. The van der Waals surface area contributed by atoms with E-state index in [2.05, 4.69) is 10.6 Å². The number of hydrogen-bond acceptors (Lipinski definition) is 5. The van der Waals surface area contributed by atoms with E-state index in [1.54, 1.807) is 18.2 Å². The molecule has 2 aromatic carbocycles. The molecule has 2 aliphatic heterocycles. The molecule has 0 spiro atoms. The van der Waals surface area contributed by atoms with Gasteiger partial charge in [-0.25, -0.2) is 8.42 Å². The first kappa shape index (κ1) is 19.5. The first-order chi connectivity index (χ1) is 13.8. The van der Waals surface area contributed by atoms with E-state index in [4.69, 9.17) is 16.3 Å². The summed E-state index contributed by atoms with van der Waals surface area (Å²) >= 11 is 6.09. The summed E-state index contributed by atoms with van der Waals surface area (Å²) in [4.78, 5) is 23.5. The number of benzene rings is 2. The standard InChI is InChI=1S/C19H18ClN3O5S/c1-2-12-10-23(16-7-11(20)3-6-17(16)28-12)29(26,27)13-4-5-14-15(8-13)22-19(25)9-18(24)21-14/h3-8,12H,2,9-10H2,1H3,(H,21,24)(H,22,25). The van der Waals surface area contributed by atoms with E-state index in [-0.39, 0.29) is 29.7 Å². The quantitative estimate of drug-likeness (QED) is 0.721. The van der Waals surface area contributed by atoms with Crippen LogP contribution in [-0.4, -0.2) is 32.9 Å². The number of rotatable bonds is 3. The third-order valence-corrected chi connectivity index (χ3v) is 6.77. The Hall–Kier alpha value is -2.78. The van der Waals surface area contributed by atoms with Crippen LogP contribution >= 0.6 is 11.6 Å². The summed E-state index contributed by atoms with van der Waals surface area (Å²) in [6.07, 6.45) is -0.0109. The van der Waals surface area contributed by atoms with Gasteiger partial charge in [-0.3, -0.25) is 13.9 Å². The smallest absolute Gasteiger partial charge is 0.264 e. The Morgan fingerprint density at radius 3 is 2.55 bits per heavy atom. The van der Waals surface area contributed by atoms with Gasteiger partial charge in [-0.05, 0) is 42.8 Å². The van der Waals surface area contributed by atoms with Crippen molar-refractivity contribution < 1.29 is 22.7 Å². The van der Waals surface area contributed by atoms with E-state index in [0.717, 1.165) is 0 Å². The van der Waals surface area contributed by atoms with Crippen LogP contribution in [0.25, 0.3) is 0 Å². The van der Waals surface area contributed by atoms with Crippen molar-refractivity contribution in [3.05, 3.63) is 41.4 Å². The van der Waals surface area contributed by atoms with Gasteiger partial charge in [-0.2, -0.15) is 0 Å². The predicted octanol–water partition coefficient (Wildman–Crippen LogP) is 2.99. The topological polar surface area (TPSA) is 105 Å². The maximum Gasteiger partial charge on any atom is 0.264 e. The van der Waals surface area contributed by atoms with Gasteiger partial charge < -0.3 is 15.4 Å². The zero-order valence-electron chi connectivity index (χ0n) is 15.4. The number of carbonyl (C=O) groups is 2.